The molecular formula is C26H42O6. The topological polar surface area (TPSA) is 71.1 Å². The van der Waals surface area contributed by atoms with Gasteiger partial charge in [0.15, 0.2) is 6.29 Å². The van der Waals surface area contributed by atoms with E-state index < -0.39 is 17.1 Å². The summed E-state index contributed by atoms with van der Waals surface area (Å²) < 4.78 is 22.7. The molecule has 0 heterocycles. The van der Waals surface area contributed by atoms with Gasteiger partial charge < -0.3 is 18.9 Å². The van der Waals surface area contributed by atoms with E-state index in [1.54, 1.807) is 0 Å². The van der Waals surface area contributed by atoms with Gasteiger partial charge >= 0.3 is 11.9 Å². The molecule has 0 aromatic carbocycles. The number of methoxy groups -OCH3 is 1. The molecule has 5 fully saturated rings. The number of hydrogen-bond acceptors (Lipinski definition) is 6. The zero-order valence-corrected chi connectivity index (χ0v) is 20.4. The molecule has 6 heteroatoms. The molecule has 0 amide bonds. The number of carbonyl (C=O) groups is 2. The number of carbonyl (C=O) groups excluding carboxylic acids is 2. The van der Waals surface area contributed by atoms with Crippen molar-refractivity contribution >= 4 is 11.9 Å². The molecule has 0 saturated heterocycles. The van der Waals surface area contributed by atoms with Crippen molar-refractivity contribution in [3.8, 4) is 0 Å². The van der Waals surface area contributed by atoms with Gasteiger partial charge in [0.2, 0.25) is 0 Å². The Bertz CT molecular complexity index is 666. The van der Waals surface area contributed by atoms with Crippen LogP contribution in [0.15, 0.2) is 0 Å². The predicted molar refractivity (Wildman–Crippen MR) is 120 cm³/mol. The highest BCUT2D eigenvalue weighted by molar-refractivity contribution is 5.83. The predicted octanol–water partition coefficient (Wildman–Crippen LogP) is 4.88. The lowest BCUT2D eigenvalue weighted by Crippen LogP contribution is -2.58. The van der Waals surface area contributed by atoms with Gasteiger partial charge in [-0.3, -0.25) is 9.59 Å². The fourth-order valence-electron chi connectivity index (χ4n) is 7.43. The molecule has 182 valence electrons. The zero-order valence-electron chi connectivity index (χ0n) is 20.4. The fraction of sp³-hybridized carbons (Fsp3) is 0.923. The van der Waals surface area contributed by atoms with E-state index in [-0.39, 0.29) is 11.9 Å². The van der Waals surface area contributed by atoms with Crippen LogP contribution in [-0.2, 0) is 28.5 Å². The molecule has 5 aliphatic rings. The van der Waals surface area contributed by atoms with Crippen molar-refractivity contribution in [3.63, 3.8) is 0 Å². The first kappa shape index (κ1) is 24.0. The lowest BCUT2D eigenvalue weighted by Gasteiger charge is -2.59. The van der Waals surface area contributed by atoms with E-state index in [0.717, 1.165) is 51.6 Å². The van der Waals surface area contributed by atoms with E-state index in [1.807, 2.05) is 6.92 Å². The second kappa shape index (κ2) is 9.61. The van der Waals surface area contributed by atoms with Gasteiger partial charge in [-0.1, -0.05) is 0 Å². The Morgan fingerprint density at radius 1 is 0.812 bits per heavy atom. The van der Waals surface area contributed by atoms with Crippen molar-refractivity contribution < 1.29 is 28.5 Å². The molecule has 0 spiro atoms. The second-order valence-electron chi connectivity index (χ2n) is 11.6. The van der Waals surface area contributed by atoms with Crippen LogP contribution in [0.1, 0.15) is 85.0 Å². The lowest BCUT2D eigenvalue weighted by molar-refractivity contribution is -0.211. The molecule has 5 saturated carbocycles. The van der Waals surface area contributed by atoms with Crippen molar-refractivity contribution in [1.29, 1.82) is 0 Å². The Balaban J connectivity index is 1.25. The van der Waals surface area contributed by atoms with E-state index >= 15 is 0 Å². The average Bonchev–Trinajstić information content (AvgIpc) is 2.75. The number of rotatable bonds is 9. The van der Waals surface area contributed by atoms with Crippen molar-refractivity contribution in [2.45, 2.75) is 97.4 Å². The van der Waals surface area contributed by atoms with Crippen molar-refractivity contribution in [2.75, 3.05) is 20.3 Å². The number of esters is 2. The minimum absolute atomic E-state index is 0.137. The van der Waals surface area contributed by atoms with Gasteiger partial charge in [-0.2, -0.15) is 0 Å². The van der Waals surface area contributed by atoms with Gasteiger partial charge in [-0.05, 0) is 109 Å². The Morgan fingerprint density at radius 3 is 1.81 bits per heavy atom. The summed E-state index contributed by atoms with van der Waals surface area (Å²) in [6.45, 7) is 7.49. The largest absolute Gasteiger partial charge is 0.469 e. The molecule has 5 aliphatic carbocycles. The zero-order chi connectivity index (χ0) is 22.9. The van der Waals surface area contributed by atoms with Crippen LogP contribution in [0.4, 0.5) is 0 Å². The Hall–Kier alpha value is -1.14. The van der Waals surface area contributed by atoms with E-state index in [9.17, 15) is 9.59 Å². The van der Waals surface area contributed by atoms with Crippen LogP contribution in [0.2, 0.25) is 0 Å². The van der Waals surface area contributed by atoms with Gasteiger partial charge in [0.05, 0.1) is 30.7 Å². The van der Waals surface area contributed by atoms with Crippen LogP contribution >= 0.6 is 0 Å². The molecule has 6 nitrogen and oxygen atoms in total. The second-order valence-corrected chi connectivity index (χ2v) is 11.6. The quantitative estimate of drug-likeness (QED) is 0.368. The van der Waals surface area contributed by atoms with Crippen molar-refractivity contribution in [1.82, 2.24) is 0 Å². The van der Waals surface area contributed by atoms with Crippen LogP contribution in [0, 0.1) is 34.5 Å². The van der Waals surface area contributed by atoms with Gasteiger partial charge in [0, 0.05) is 6.61 Å². The van der Waals surface area contributed by atoms with Crippen LogP contribution in [-0.4, -0.2) is 44.7 Å². The fourth-order valence-corrected chi connectivity index (χ4v) is 7.43. The summed E-state index contributed by atoms with van der Waals surface area (Å²) in [6.07, 6.45) is 9.50. The Morgan fingerprint density at radius 2 is 1.31 bits per heavy atom. The third-order valence-corrected chi connectivity index (χ3v) is 8.58. The molecule has 0 aromatic heterocycles. The highest BCUT2D eigenvalue weighted by atomic mass is 16.7. The molecule has 0 aromatic rings. The standard InChI is InChI=1S/C26H42O6/c1-17(2)30-14-19-5-7-20(8-6-19)15-31-18(3)32-24(28)26-12-21-9-22(13-26)11-25(10-21,16-26)23(27)29-4/h17-22H,5-16H2,1-4H3. The van der Waals surface area contributed by atoms with E-state index in [1.165, 1.54) is 20.0 Å². The summed E-state index contributed by atoms with van der Waals surface area (Å²) in [5, 5.41) is 0. The maximum Gasteiger partial charge on any atom is 0.314 e. The molecule has 32 heavy (non-hydrogen) atoms. The minimum Gasteiger partial charge on any atom is -0.469 e. The number of hydrogen-bond donors (Lipinski definition) is 0. The third-order valence-electron chi connectivity index (χ3n) is 8.58. The molecule has 0 N–H and O–H groups in total. The molecule has 3 atom stereocenters. The molecular weight excluding hydrogens is 408 g/mol. The Kier molecular flexibility index (Phi) is 7.21. The van der Waals surface area contributed by atoms with E-state index in [4.69, 9.17) is 18.9 Å². The van der Waals surface area contributed by atoms with Crippen molar-refractivity contribution in [3.05, 3.63) is 0 Å². The highest BCUT2D eigenvalue weighted by Crippen LogP contribution is 2.66. The monoisotopic (exact) mass is 450 g/mol. The first-order chi connectivity index (χ1) is 15.2. The average molecular weight is 451 g/mol. The molecule has 0 aliphatic heterocycles. The van der Waals surface area contributed by atoms with Crippen LogP contribution in [0.25, 0.3) is 0 Å². The summed E-state index contributed by atoms with van der Waals surface area (Å²) in [5.74, 6) is 1.73. The first-order valence-electron chi connectivity index (χ1n) is 12.8. The Labute approximate surface area is 193 Å². The smallest absolute Gasteiger partial charge is 0.314 e. The maximum absolute atomic E-state index is 13.3. The molecule has 5 rings (SSSR count). The summed E-state index contributed by atoms with van der Waals surface area (Å²) >= 11 is 0. The normalized spacial score (nSPS) is 39.2. The van der Waals surface area contributed by atoms with E-state index in [0.29, 0.717) is 42.8 Å². The number of ether oxygens (including phenoxy) is 4. The van der Waals surface area contributed by atoms with Crippen LogP contribution in [0.5, 0.6) is 0 Å². The molecule has 0 radical (unpaired) electrons. The van der Waals surface area contributed by atoms with Crippen molar-refractivity contribution in [2.24, 2.45) is 34.5 Å². The first-order valence-corrected chi connectivity index (χ1v) is 12.8. The van der Waals surface area contributed by atoms with Crippen LogP contribution in [0.3, 0.4) is 0 Å². The van der Waals surface area contributed by atoms with Gasteiger partial charge in [-0.15, -0.1) is 0 Å². The highest BCUT2D eigenvalue weighted by Gasteiger charge is 2.64. The van der Waals surface area contributed by atoms with Gasteiger partial charge in [0.25, 0.3) is 0 Å². The maximum atomic E-state index is 13.3. The SMILES string of the molecule is COC(=O)C12CC3CC(C1)CC(C(=O)OC(C)OCC1CCC(COC(C)C)CC1)(C3)C2. The molecule has 4 bridgehead atoms. The summed E-state index contributed by atoms with van der Waals surface area (Å²) in [4.78, 5) is 25.9. The molecule has 3 unspecified atom stereocenters. The van der Waals surface area contributed by atoms with Gasteiger partial charge in [-0.25, -0.2) is 0 Å². The summed E-state index contributed by atoms with van der Waals surface area (Å²) in [6, 6.07) is 0. The summed E-state index contributed by atoms with van der Waals surface area (Å²) in [7, 11) is 1.46. The van der Waals surface area contributed by atoms with Gasteiger partial charge in [0.1, 0.15) is 0 Å². The van der Waals surface area contributed by atoms with Crippen LogP contribution < -0.4 is 0 Å². The van der Waals surface area contributed by atoms with E-state index in [2.05, 4.69) is 13.8 Å². The summed E-state index contributed by atoms with van der Waals surface area (Å²) in [5.41, 5.74) is -1.02. The lowest BCUT2D eigenvalue weighted by atomic mass is 9.44. The minimum atomic E-state index is -0.549. The third kappa shape index (κ3) is 5.01.